The average Bonchev–Trinajstić information content (AvgIpc) is 3.16. The summed E-state index contributed by atoms with van der Waals surface area (Å²) in [5, 5.41) is 4.74. The van der Waals surface area contributed by atoms with Crippen molar-refractivity contribution >= 4 is 35.9 Å². The molecule has 180 valence electrons. The highest BCUT2D eigenvalue weighted by molar-refractivity contribution is 5.90. The van der Waals surface area contributed by atoms with Crippen molar-refractivity contribution in [2.75, 3.05) is 62.2 Å². The predicted molar refractivity (Wildman–Crippen MR) is 112 cm³/mol. The molecule has 0 aliphatic carbocycles. The zero-order chi connectivity index (χ0) is 24.0. The van der Waals surface area contributed by atoms with Gasteiger partial charge >= 0.3 is 12.2 Å². The van der Waals surface area contributed by atoms with Crippen LogP contribution in [0.3, 0.4) is 0 Å². The first-order valence-corrected chi connectivity index (χ1v) is 10.4. The van der Waals surface area contributed by atoms with Crippen LogP contribution >= 0.6 is 0 Å². The fourth-order valence-electron chi connectivity index (χ4n) is 3.65. The summed E-state index contributed by atoms with van der Waals surface area (Å²) >= 11 is 0. The van der Waals surface area contributed by atoms with Gasteiger partial charge in [-0.1, -0.05) is 0 Å². The van der Waals surface area contributed by atoms with Gasteiger partial charge in [0, 0.05) is 38.3 Å². The molecule has 1 aromatic carbocycles. The minimum atomic E-state index is -0.853. The van der Waals surface area contributed by atoms with Crippen LogP contribution in [0.2, 0.25) is 0 Å². The monoisotopic (exact) mass is 469 g/mol. The fraction of sp³-hybridized carbons (Fsp3) is 0.500. The Kier molecular flexibility index (Phi) is 7.85. The summed E-state index contributed by atoms with van der Waals surface area (Å²) in [5.41, 5.74) is -0.254. The van der Waals surface area contributed by atoms with Gasteiger partial charge in [-0.25, -0.2) is 18.4 Å². The fourth-order valence-corrected chi connectivity index (χ4v) is 3.65. The zero-order valence-corrected chi connectivity index (χ0v) is 18.0. The van der Waals surface area contributed by atoms with Crippen molar-refractivity contribution in [3.8, 4) is 0 Å². The normalized spacial score (nSPS) is 18.1. The minimum Gasteiger partial charge on any atom is -0.450 e. The number of halogens is 2. The number of carbonyl (C=O) groups excluding carboxylic acids is 4. The molecule has 33 heavy (non-hydrogen) atoms. The van der Waals surface area contributed by atoms with E-state index in [1.54, 1.807) is 6.92 Å². The van der Waals surface area contributed by atoms with Gasteiger partial charge < -0.3 is 29.9 Å². The summed E-state index contributed by atoms with van der Waals surface area (Å²) in [6.07, 6.45) is -1.72. The Labute approximate surface area is 188 Å². The van der Waals surface area contributed by atoms with Crippen LogP contribution in [-0.2, 0) is 19.1 Å². The van der Waals surface area contributed by atoms with E-state index in [0.29, 0.717) is 6.41 Å². The number of rotatable bonds is 8. The first-order chi connectivity index (χ1) is 15.8. The average molecular weight is 469 g/mol. The Morgan fingerprint density at radius 1 is 1.21 bits per heavy atom. The molecule has 2 heterocycles. The lowest BCUT2D eigenvalue weighted by Gasteiger charge is -2.36. The topological polar surface area (TPSA) is 121 Å². The van der Waals surface area contributed by atoms with Crippen LogP contribution < -0.4 is 20.4 Å². The molecule has 2 fully saturated rings. The predicted octanol–water partition coefficient (Wildman–Crippen LogP) is 0.431. The lowest BCUT2D eigenvalue weighted by Crippen LogP contribution is -2.51. The van der Waals surface area contributed by atoms with E-state index in [2.05, 4.69) is 10.6 Å². The summed E-state index contributed by atoms with van der Waals surface area (Å²) in [6, 6.07) is 2.10. The van der Waals surface area contributed by atoms with Crippen LogP contribution in [0, 0.1) is 11.6 Å². The number of piperazine rings is 1. The molecule has 13 heteroatoms. The second kappa shape index (κ2) is 10.8. The van der Waals surface area contributed by atoms with Gasteiger partial charge in [-0.3, -0.25) is 14.5 Å². The number of hydrogen-bond donors (Lipinski definition) is 2. The maximum atomic E-state index is 14.9. The van der Waals surface area contributed by atoms with Gasteiger partial charge in [-0.2, -0.15) is 0 Å². The summed E-state index contributed by atoms with van der Waals surface area (Å²) < 4.78 is 39.6. The van der Waals surface area contributed by atoms with Crippen LogP contribution in [0.1, 0.15) is 6.92 Å². The third-order valence-corrected chi connectivity index (χ3v) is 5.22. The van der Waals surface area contributed by atoms with Gasteiger partial charge in [0.05, 0.1) is 31.9 Å². The SMILES string of the molecule is CCOC(=O)NCC1CN(c2cc(F)c(N3CCN(C(=O)CNC=O)CC3)c(F)c2)C(=O)O1. The van der Waals surface area contributed by atoms with E-state index in [-0.39, 0.29) is 69.7 Å². The van der Waals surface area contributed by atoms with Crippen molar-refractivity contribution in [1.82, 2.24) is 15.5 Å². The van der Waals surface area contributed by atoms with Crippen molar-refractivity contribution in [2.45, 2.75) is 13.0 Å². The Hall–Kier alpha value is -3.64. The zero-order valence-electron chi connectivity index (χ0n) is 18.0. The van der Waals surface area contributed by atoms with Crippen LogP contribution in [0.15, 0.2) is 12.1 Å². The second-order valence-electron chi connectivity index (χ2n) is 7.34. The van der Waals surface area contributed by atoms with Gasteiger partial charge in [0.1, 0.15) is 11.8 Å². The number of benzene rings is 1. The molecule has 2 N–H and O–H groups in total. The molecule has 1 atom stereocenters. The highest BCUT2D eigenvalue weighted by atomic mass is 19.1. The number of hydrogen-bond acceptors (Lipinski definition) is 7. The summed E-state index contributed by atoms with van der Waals surface area (Å²) in [5.74, 6) is -1.99. The maximum absolute atomic E-state index is 14.9. The highest BCUT2D eigenvalue weighted by Gasteiger charge is 2.34. The number of ether oxygens (including phenoxy) is 2. The molecule has 1 aromatic rings. The smallest absolute Gasteiger partial charge is 0.414 e. The van der Waals surface area contributed by atoms with E-state index in [1.807, 2.05) is 0 Å². The largest absolute Gasteiger partial charge is 0.450 e. The van der Waals surface area contributed by atoms with Gasteiger partial charge in [-0.15, -0.1) is 0 Å². The molecule has 0 spiro atoms. The highest BCUT2D eigenvalue weighted by Crippen LogP contribution is 2.31. The van der Waals surface area contributed by atoms with Crippen molar-refractivity contribution in [3.05, 3.63) is 23.8 Å². The molecular weight excluding hydrogens is 444 g/mol. The van der Waals surface area contributed by atoms with Crippen molar-refractivity contribution in [3.63, 3.8) is 0 Å². The van der Waals surface area contributed by atoms with Crippen LogP contribution in [0.25, 0.3) is 0 Å². The number of nitrogens with one attached hydrogen (secondary N) is 2. The molecule has 0 radical (unpaired) electrons. The third kappa shape index (κ3) is 5.79. The van der Waals surface area contributed by atoms with Gasteiger partial charge in [0.2, 0.25) is 12.3 Å². The van der Waals surface area contributed by atoms with Gasteiger partial charge in [0.15, 0.2) is 11.6 Å². The molecule has 11 nitrogen and oxygen atoms in total. The standard InChI is InChI=1S/C20H25F2N5O6/c1-2-32-19(30)24-9-14-11-27(20(31)33-14)13-7-15(21)18(16(22)8-13)26-5-3-25(4-6-26)17(29)10-23-12-28/h7-8,12,14H,2-6,9-11H2,1H3,(H,23,28)(H,24,30). The lowest BCUT2D eigenvalue weighted by molar-refractivity contribution is -0.131. The number of cyclic esters (lactones) is 1. The summed E-state index contributed by atoms with van der Waals surface area (Å²) in [7, 11) is 0. The Morgan fingerprint density at radius 3 is 2.48 bits per heavy atom. The minimum absolute atomic E-state index is 0.000918. The maximum Gasteiger partial charge on any atom is 0.414 e. The van der Waals surface area contributed by atoms with Crippen molar-refractivity contribution < 1.29 is 37.4 Å². The second-order valence-corrected chi connectivity index (χ2v) is 7.34. The third-order valence-electron chi connectivity index (χ3n) is 5.22. The van der Waals surface area contributed by atoms with E-state index in [0.717, 1.165) is 17.0 Å². The number of alkyl carbamates (subject to hydrolysis) is 1. The number of carbonyl (C=O) groups is 4. The Balaban J connectivity index is 1.62. The molecule has 2 saturated heterocycles. The number of amides is 4. The van der Waals surface area contributed by atoms with E-state index in [1.165, 1.54) is 9.80 Å². The quantitative estimate of drug-likeness (QED) is 0.530. The van der Waals surface area contributed by atoms with E-state index in [9.17, 15) is 28.0 Å². The molecule has 0 bridgehead atoms. The van der Waals surface area contributed by atoms with E-state index >= 15 is 0 Å². The Morgan fingerprint density at radius 2 is 1.88 bits per heavy atom. The molecule has 2 aliphatic rings. The molecule has 1 unspecified atom stereocenters. The van der Waals surface area contributed by atoms with Crippen LogP contribution in [0.4, 0.5) is 29.7 Å². The van der Waals surface area contributed by atoms with Crippen LogP contribution in [-0.4, -0.2) is 87.9 Å². The van der Waals surface area contributed by atoms with E-state index < -0.39 is 29.9 Å². The number of nitrogens with zero attached hydrogens (tertiary/aromatic N) is 3. The molecule has 2 aliphatic heterocycles. The molecular formula is C20H25F2N5O6. The lowest BCUT2D eigenvalue weighted by atomic mass is 10.2. The number of anilines is 2. The Bertz CT molecular complexity index is 886. The molecule has 4 amide bonds. The first kappa shape index (κ1) is 24.0. The first-order valence-electron chi connectivity index (χ1n) is 10.4. The molecule has 0 aromatic heterocycles. The summed E-state index contributed by atoms with van der Waals surface area (Å²) in [6.45, 7) is 2.59. The van der Waals surface area contributed by atoms with E-state index in [4.69, 9.17) is 9.47 Å². The van der Waals surface area contributed by atoms with Gasteiger partial charge in [0.25, 0.3) is 0 Å². The molecule has 0 saturated carbocycles. The van der Waals surface area contributed by atoms with Crippen molar-refractivity contribution in [2.24, 2.45) is 0 Å². The van der Waals surface area contributed by atoms with Crippen LogP contribution in [0.5, 0.6) is 0 Å². The summed E-state index contributed by atoms with van der Waals surface area (Å²) in [4.78, 5) is 49.9. The van der Waals surface area contributed by atoms with Crippen molar-refractivity contribution in [1.29, 1.82) is 0 Å². The van der Waals surface area contributed by atoms with Gasteiger partial charge in [-0.05, 0) is 6.92 Å². The molecule has 3 rings (SSSR count).